The zero-order chi connectivity index (χ0) is 22.4. The molecule has 0 aromatic heterocycles. The fourth-order valence-electron chi connectivity index (χ4n) is 2.24. The average Bonchev–Trinajstić information content (AvgIpc) is 2.66. The average molecular weight is 467 g/mol. The van der Waals surface area contributed by atoms with Gasteiger partial charge in [-0.2, -0.15) is 13.2 Å². The lowest BCUT2D eigenvalue weighted by Crippen LogP contribution is -2.27. The number of alkyl halides is 3. The molecule has 30 heavy (non-hydrogen) atoms. The molecule has 0 heterocycles. The van der Waals surface area contributed by atoms with Gasteiger partial charge in [-0.05, 0) is 36.4 Å². The van der Waals surface area contributed by atoms with Crippen molar-refractivity contribution in [2.75, 3.05) is 32.2 Å². The second kappa shape index (κ2) is 10.1. The first-order chi connectivity index (χ1) is 14.0. The summed E-state index contributed by atoms with van der Waals surface area (Å²) in [6.07, 6.45) is -4.54. The summed E-state index contributed by atoms with van der Waals surface area (Å²) in [5.74, 6) is -0.685. The summed E-state index contributed by atoms with van der Waals surface area (Å²) in [4.78, 5) is 11.8. The molecule has 0 aliphatic carbocycles. The smallest absolute Gasteiger partial charge is 0.416 e. The molecule has 0 aliphatic rings. The van der Waals surface area contributed by atoms with Crippen LogP contribution in [0.5, 0.6) is 5.75 Å². The number of ether oxygens (including phenoxy) is 2. The Kier molecular flexibility index (Phi) is 8.07. The lowest BCUT2D eigenvalue weighted by Gasteiger charge is -2.12. The highest BCUT2D eigenvalue weighted by atomic mass is 35.5. The third-order valence-corrected chi connectivity index (χ3v) is 5.40. The van der Waals surface area contributed by atoms with E-state index < -0.39 is 34.3 Å². The van der Waals surface area contributed by atoms with Gasteiger partial charge in [-0.25, -0.2) is 13.1 Å². The quantitative estimate of drug-likeness (QED) is 0.553. The van der Waals surface area contributed by atoms with E-state index in [2.05, 4.69) is 10.0 Å². The molecule has 0 bridgehead atoms. The summed E-state index contributed by atoms with van der Waals surface area (Å²) >= 11 is 6.01. The summed E-state index contributed by atoms with van der Waals surface area (Å²) in [5, 5.41) is 2.22. The number of carbonyl (C=O) groups excluding carboxylic acids is 1. The first kappa shape index (κ1) is 23.9. The molecule has 0 aliphatic heterocycles. The number of sulfonamides is 1. The molecule has 0 fully saturated rings. The molecule has 0 saturated carbocycles. The van der Waals surface area contributed by atoms with E-state index in [1.165, 1.54) is 25.3 Å². The Morgan fingerprint density at radius 1 is 1.17 bits per heavy atom. The highest BCUT2D eigenvalue weighted by Crippen LogP contribution is 2.31. The predicted octanol–water partition coefficient (Wildman–Crippen LogP) is 3.30. The lowest BCUT2D eigenvalue weighted by molar-refractivity contribution is -0.137. The Morgan fingerprint density at radius 2 is 1.90 bits per heavy atom. The molecule has 12 heteroatoms. The third kappa shape index (κ3) is 6.87. The minimum Gasteiger partial charge on any atom is -0.482 e. The van der Waals surface area contributed by atoms with Crippen molar-refractivity contribution < 1.29 is 35.9 Å². The van der Waals surface area contributed by atoms with Crippen LogP contribution in [0.15, 0.2) is 47.4 Å². The molecule has 0 unspecified atom stereocenters. The monoisotopic (exact) mass is 466 g/mol. The lowest BCUT2D eigenvalue weighted by atomic mass is 10.2. The van der Waals surface area contributed by atoms with Gasteiger partial charge >= 0.3 is 6.18 Å². The number of hydrogen-bond donors (Lipinski definition) is 2. The molecule has 2 N–H and O–H groups in total. The third-order valence-electron chi connectivity index (χ3n) is 3.64. The van der Waals surface area contributed by atoms with Crippen LogP contribution in [0.1, 0.15) is 5.56 Å². The Labute approximate surface area is 176 Å². The Hall–Kier alpha value is -2.34. The molecule has 0 spiro atoms. The maximum atomic E-state index is 12.7. The zero-order valence-corrected chi connectivity index (χ0v) is 17.2. The number of benzene rings is 2. The van der Waals surface area contributed by atoms with Gasteiger partial charge in [-0.15, -0.1) is 0 Å². The zero-order valence-electron chi connectivity index (χ0n) is 15.6. The van der Waals surface area contributed by atoms with Crippen LogP contribution in [0.3, 0.4) is 0 Å². The van der Waals surface area contributed by atoms with Crippen LogP contribution in [0.2, 0.25) is 5.02 Å². The predicted molar refractivity (Wildman–Crippen MR) is 104 cm³/mol. The van der Waals surface area contributed by atoms with E-state index in [1.807, 2.05) is 0 Å². The van der Waals surface area contributed by atoms with Crippen molar-refractivity contribution in [1.29, 1.82) is 0 Å². The van der Waals surface area contributed by atoms with Gasteiger partial charge in [0.2, 0.25) is 10.0 Å². The van der Waals surface area contributed by atoms with Crippen molar-refractivity contribution in [2.45, 2.75) is 11.1 Å². The van der Waals surface area contributed by atoms with Crippen LogP contribution in [-0.2, 0) is 25.7 Å². The summed E-state index contributed by atoms with van der Waals surface area (Å²) in [6.45, 7) is -0.284. The van der Waals surface area contributed by atoms with Gasteiger partial charge in [0.1, 0.15) is 5.75 Å². The molecule has 0 radical (unpaired) electrons. The maximum absolute atomic E-state index is 12.7. The van der Waals surface area contributed by atoms with Gasteiger partial charge < -0.3 is 14.8 Å². The molecule has 2 aromatic carbocycles. The van der Waals surface area contributed by atoms with Crippen LogP contribution in [-0.4, -0.2) is 41.2 Å². The van der Waals surface area contributed by atoms with Crippen molar-refractivity contribution in [1.82, 2.24) is 4.72 Å². The number of halogens is 4. The number of amides is 1. The van der Waals surface area contributed by atoms with Crippen LogP contribution < -0.4 is 14.8 Å². The molecule has 0 atom stereocenters. The first-order valence-electron chi connectivity index (χ1n) is 8.41. The second-order valence-corrected chi connectivity index (χ2v) is 8.07. The number of methoxy groups -OCH3 is 1. The molecular weight excluding hydrogens is 449 g/mol. The van der Waals surface area contributed by atoms with E-state index in [9.17, 15) is 26.4 Å². The highest BCUT2D eigenvalue weighted by molar-refractivity contribution is 7.89. The Bertz CT molecular complexity index is 1000. The normalized spacial score (nSPS) is 11.9. The molecule has 0 saturated heterocycles. The standard InChI is InChI=1S/C18H18ClF3N2O5S/c1-28-8-7-23-30(26,27)14-5-6-16(15(19)10-14)29-11-17(25)24-13-4-2-3-12(9-13)18(20,21)22/h2-6,9-10,23H,7-8,11H2,1H3,(H,24,25). The van der Waals surface area contributed by atoms with Gasteiger partial charge in [0.15, 0.2) is 6.61 Å². The van der Waals surface area contributed by atoms with E-state index in [0.717, 1.165) is 24.3 Å². The SMILES string of the molecule is COCCNS(=O)(=O)c1ccc(OCC(=O)Nc2cccc(C(F)(F)F)c2)c(Cl)c1. The van der Waals surface area contributed by atoms with Gasteiger partial charge in [0, 0.05) is 19.3 Å². The number of nitrogens with one attached hydrogen (secondary N) is 2. The van der Waals surface area contributed by atoms with Gasteiger partial charge in [-0.3, -0.25) is 4.79 Å². The molecule has 1 amide bonds. The van der Waals surface area contributed by atoms with Gasteiger partial charge in [-0.1, -0.05) is 17.7 Å². The van der Waals surface area contributed by atoms with Crippen LogP contribution in [0.25, 0.3) is 0 Å². The highest BCUT2D eigenvalue weighted by Gasteiger charge is 2.30. The van der Waals surface area contributed by atoms with E-state index in [0.29, 0.717) is 0 Å². The Balaban J connectivity index is 1.98. The molecule has 2 rings (SSSR count). The van der Waals surface area contributed by atoms with Crippen LogP contribution in [0.4, 0.5) is 18.9 Å². The Morgan fingerprint density at radius 3 is 2.53 bits per heavy atom. The fraction of sp³-hybridized carbons (Fsp3) is 0.278. The van der Waals surface area contributed by atoms with Crippen LogP contribution >= 0.6 is 11.6 Å². The van der Waals surface area contributed by atoms with Gasteiger partial charge in [0.05, 0.1) is 22.1 Å². The number of anilines is 1. The largest absolute Gasteiger partial charge is 0.482 e. The number of carbonyl (C=O) groups is 1. The summed E-state index contributed by atoms with van der Waals surface area (Å²) in [6, 6.07) is 7.79. The maximum Gasteiger partial charge on any atom is 0.416 e. The summed E-state index contributed by atoms with van der Waals surface area (Å²) in [7, 11) is -2.37. The topological polar surface area (TPSA) is 93.7 Å². The minimum atomic E-state index is -4.54. The summed E-state index contributed by atoms with van der Waals surface area (Å²) < 4.78 is 74.7. The number of rotatable bonds is 9. The fourth-order valence-corrected chi connectivity index (χ4v) is 3.58. The van der Waals surface area contributed by atoms with Gasteiger partial charge in [0.25, 0.3) is 5.91 Å². The van der Waals surface area contributed by atoms with Crippen LogP contribution in [0, 0.1) is 0 Å². The van der Waals surface area contributed by atoms with Crippen molar-refractivity contribution in [3.8, 4) is 5.75 Å². The minimum absolute atomic E-state index is 0.0340. The van der Waals surface area contributed by atoms with Crippen molar-refractivity contribution in [2.24, 2.45) is 0 Å². The van der Waals surface area contributed by atoms with Crippen molar-refractivity contribution in [3.05, 3.63) is 53.1 Å². The summed E-state index contributed by atoms with van der Waals surface area (Å²) in [5.41, 5.74) is -0.951. The molecule has 7 nitrogen and oxygen atoms in total. The molecular formula is C18H18ClF3N2O5S. The number of hydrogen-bond acceptors (Lipinski definition) is 5. The van der Waals surface area contributed by atoms with E-state index >= 15 is 0 Å². The molecule has 2 aromatic rings. The first-order valence-corrected chi connectivity index (χ1v) is 10.3. The second-order valence-electron chi connectivity index (χ2n) is 5.90. The van der Waals surface area contributed by atoms with E-state index in [-0.39, 0.29) is 34.5 Å². The van der Waals surface area contributed by atoms with E-state index in [4.69, 9.17) is 21.1 Å². The van der Waals surface area contributed by atoms with E-state index in [1.54, 1.807) is 0 Å². The van der Waals surface area contributed by atoms with Crippen molar-refractivity contribution in [3.63, 3.8) is 0 Å². The molecule has 164 valence electrons. The van der Waals surface area contributed by atoms with Crippen molar-refractivity contribution >= 4 is 33.2 Å².